The average Bonchev–Trinajstić information content (AvgIpc) is 3.32. The maximum atomic E-state index is 13.3. The molecule has 0 aromatic heterocycles. The van der Waals surface area contributed by atoms with Crippen LogP contribution < -0.4 is 10.1 Å². The number of aliphatic hydroxyl groups excluding tert-OH is 1. The monoisotopic (exact) mass is 626 g/mol. The highest BCUT2D eigenvalue weighted by Crippen LogP contribution is 2.36. The topological polar surface area (TPSA) is 132 Å². The fraction of sp³-hybridized carbons (Fsp3) is 0.485. The summed E-state index contributed by atoms with van der Waals surface area (Å²) >= 11 is 0. The normalized spacial score (nSPS) is 20.5. The molecule has 2 atom stereocenters. The van der Waals surface area contributed by atoms with E-state index in [-0.39, 0.29) is 42.6 Å². The van der Waals surface area contributed by atoms with Gasteiger partial charge >= 0.3 is 12.0 Å². The summed E-state index contributed by atoms with van der Waals surface area (Å²) in [6.07, 6.45) is 2.90. The molecule has 11 nitrogen and oxygen atoms in total. The number of amides is 3. The predicted molar refractivity (Wildman–Crippen MR) is 164 cm³/mol. The Morgan fingerprint density at radius 2 is 1.76 bits per heavy atom. The molecule has 3 amide bonds. The van der Waals surface area contributed by atoms with E-state index in [1.54, 1.807) is 12.1 Å². The van der Waals surface area contributed by atoms with Crippen LogP contribution in [0.5, 0.6) is 5.75 Å². The number of piperidine rings is 1. The molecular formula is C33H43FN4O7. The second kappa shape index (κ2) is 15.7. The van der Waals surface area contributed by atoms with Crippen molar-refractivity contribution in [3.05, 3.63) is 77.3 Å². The van der Waals surface area contributed by atoms with Crippen molar-refractivity contribution >= 4 is 17.9 Å². The molecule has 0 spiro atoms. The number of nitrogens with one attached hydrogen (secondary N) is 1. The van der Waals surface area contributed by atoms with Crippen LogP contribution in [0, 0.1) is 11.7 Å². The van der Waals surface area contributed by atoms with Gasteiger partial charge in [-0.2, -0.15) is 0 Å². The Morgan fingerprint density at radius 1 is 1.11 bits per heavy atom. The molecule has 2 aromatic carbocycles. The first-order chi connectivity index (χ1) is 21.5. The Kier molecular flexibility index (Phi) is 11.8. The van der Waals surface area contributed by atoms with Crippen LogP contribution in [-0.2, 0) is 27.4 Å². The molecule has 3 aliphatic heterocycles. The number of carboxylic acid groups (broad SMARTS) is 1. The largest absolute Gasteiger partial charge is 0.493 e. The number of benzene rings is 2. The summed E-state index contributed by atoms with van der Waals surface area (Å²) in [6, 6.07) is 13.3. The number of halogens is 1. The molecule has 0 bridgehead atoms. The van der Waals surface area contributed by atoms with Crippen molar-refractivity contribution in [3.8, 4) is 5.75 Å². The van der Waals surface area contributed by atoms with Crippen molar-refractivity contribution in [1.29, 1.82) is 0 Å². The van der Waals surface area contributed by atoms with Crippen molar-refractivity contribution in [3.63, 3.8) is 0 Å². The maximum Gasteiger partial charge on any atom is 0.334 e. The molecular weight excluding hydrogens is 583 g/mol. The van der Waals surface area contributed by atoms with Gasteiger partial charge in [-0.1, -0.05) is 38.1 Å². The van der Waals surface area contributed by atoms with E-state index < -0.39 is 18.2 Å². The van der Waals surface area contributed by atoms with Crippen LogP contribution in [0.1, 0.15) is 44.2 Å². The van der Waals surface area contributed by atoms with E-state index in [1.807, 2.05) is 29.2 Å². The highest BCUT2D eigenvalue weighted by molar-refractivity contribution is 5.91. The number of hydrogen-bond acceptors (Lipinski definition) is 7. The number of ether oxygens (including phenoxy) is 2. The predicted octanol–water partition coefficient (Wildman–Crippen LogP) is 3.57. The lowest BCUT2D eigenvalue weighted by atomic mass is 10.0. The minimum absolute atomic E-state index is 0.0842. The third kappa shape index (κ3) is 9.18. The van der Waals surface area contributed by atoms with Crippen molar-refractivity contribution < 1.29 is 38.5 Å². The Morgan fingerprint density at radius 3 is 2.33 bits per heavy atom. The minimum atomic E-state index is -1.14. The Hall–Kier alpha value is -4.16. The summed E-state index contributed by atoms with van der Waals surface area (Å²) in [6.45, 7) is 7.49. The van der Waals surface area contributed by atoms with E-state index in [9.17, 15) is 18.8 Å². The third-order valence-corrected chi connectivity index (χ3v) is 7.90. The summed E-state index contributed by atoms with van der Waals surface area (Å²) in [5.41, 5.74) is 1.96. The summed E-state index contributed by atoms with van der Waals surface area (Å²) in [5, 5.41) is 20.6. The maximum absolute atomic E-state index is 13.3. The van der Waals surface area contributed by atoms with Crippen molar-refractivity contribution in [2.75, 3.05) is 33.4 Å². The quantitative estimate of drug-likeness (QED) is 0.341. The highest BCUT2D eigenvalue weighted by Gasteiger charge is 2.53. The van der Waals surface area contributed by atoms with Gasteiger partial charge in [0.25, 0.3) is 0 Å². The smallest absolute Gasteiger partial charge is 0.334 e. The van der Waals surface area contributed by atoms with Gasteiger partial charge in [-0.25, -0.2) is 14.0 Å². The lowest BCUT2D eigenvalue weighted by Crippen LogP contribution is -2.54. The molecule has 2 aromatic rings. The molecule has 0 saturated carbocycles. The molecule has 0 radical (unpaired) electrons. The first-order valence-corrected chi connectivity index (χ1v) is 15.3. The van der Waals surface area contributed by atoms with Crippen molar-refractivity contribution in [2.45, 2.75) is 64.5 Å². The molecule has 45 heavy (non-hydrogen) atoms. The number of aliphatic hydroxyl groups is 1. The number of fused-ring (bicyclic) bond motifs is 1. The molecule has 3 aliphatic rings. The van der Waals surface area contributed by atoms with Crippen LogP contribution in [0.2, 0.25) is 0 Å². The highest BCUT2D eigenvalue weighted by atomic mass is 19.1. The van der Waals surface area contributed by atoms with Crippen LogP contribution in [0.4, 0.5) is 9.18 Å². The SMILES string of the molecule is CC(C)COc1ccc(CNC(=O)N(Cc2ccc(F)cc2)C2CCN(C)CC2)cc1.O=C(O)[C@H]1/C(=C\CO)OC2CC(=O)N21. The van der Waals surface area contributed by atoms with Gasteiger partial charge in [0.15, 0.2) is 12.3 Å². The Balaban J connectivity index is 0.000000273. The number of urea groups is 1. The van der Waals surface area contributed by atoms with E-state index in [4.69, 9.17) is 19.7 Å². The number of carboxylic acids is 1. The fourth-order valence-electron chi connectivity index (χ4n) is 5.36. The van der Waals surface area contributed by atoms with E-state index in [2.05, 4.69) is 31.1 Å². The Labute approximate surface area is 263 Å². The van der Waals surface area contributed by atoms with Gasteiger partial charge in [0.1, 0.15) is 17.3 Å². The lowest BCUT2D eigenvalue weighted by molar-refractivity contribution is -0.163. The zero-order valence-corrected chi connectivity index (χ0v) is 26.0. The number of aliphatic carboxylic acids is 1. The van der Waals surface area contributed by atoms with Gasteiger partial charge in [-0.3, -0.25) is 9.69 Å². The summed E-state index contributed by atoms with van der Waals surface area (Å²) in [5.74, 6) is -0.168. The molecule has 0 aliphatic carbocycles. The standard InChI is InChI=1S/C25H34FN3O2.C8H9NO5/c1-19(2)18-31-24-10-6-20(7-11-24)16-27-25(30)29(23-12-14-28(3)15-13-23)17-21-4-8-22(26)9-5-21;10-2-1-4-7(8(12)13)9-5(11)3-6(9)14-4/h4-11,19,23H,12-18H2,1-3H3,(H,27,30);1,6-7,10H,2-3H2,(H,12,13)/b;4-1+/t;6?,7-/m.1/s1. The molecule has 5 rings (SSSR count). The second-order valence-electron chi connectivity index (χ2n) is 11.9. The molecule has 3 fully saturated rings. The molecule has 12 heteroatoms. The zero-order chi connectivity index (χ0) is 32.5. The van der Waals surface area contributed by atoms with Gasteiger partial charge in [-0.05, 0) is 80.4 Å². The van der Waals surface area contributed by atoms with Gasteiger partial charge in [0.2, 0.25) is 5.91 Å². The molecule has 3 heterocycles. The van der Waals surface area contributed by atoms with Crippen molar-refractivity contribution in [2.24, 2.45) is 5.92 Å². The van der Waals surface area contributed by atoms with E-state index >= 15 is 0 Å². The molecule has 3 N–H and O–H groups in total. The molecule has 1 unspecified atom stereocenters. The third-order valence-electron chi connectivity index (χ3n) is 7.90. The van der Waals surface area contributed by atoms with Crippen LogP contribution in [0.15, 0.2) is 60.4 Å². The summed E-state index contributed by atoms with van der Waals surface area (Å²) in [7, 11) is 2.11. The van der Waals surface area contributed by atoms with Crippen LogP contribution in [-0.4, -0.2) is 94.5 Å². The first kappa shape index (κ1) is 33.7. The molecule has 3 saturated heterocycles. The number of carbonyl (C=O) groups is 3. The summed E-state index contributed by atoms with van der Waals surface area (Å²) in [4.78, 5) is 40.4. The van der Waals surface area contributed by atoms with E-state index in [0.29, 0.717) is 25.6 Å². The minimum Gasteiger partial charge on any atom is -0.493 e. The number of β-lactam (4-membered cyclic amide) rings is 1. The number of nitrogens with zero attached hydrogens (tertiary/aromatic N) is 3. The zero-order valence-electron chi connectivity index (χ0n) is 26.0. The first-order valence-electron chi connectivity index (χ1n) is 15.3. The second-order valence-corrected chi connectivity index (χ2v) is 11.9. The van der Waals surface area contributed by atoms with Gasteiger partial charge < -0.3 is 34.8 Å². The molecule has 244 valence electrons. The fourth-order valence-corrected chi connectivity index (χ4v) is 5.36. The number of likely N-dealkylation sites (tertiary alicyclic amines) is 1. The van der Waals surface area contributed by atoms with Gasteiger partial charge in [-0.15, -0.1) is 0 Å². The average molecular weight is 627 g/mol. The van der Waals surface area contributed by atoms with Gasteiger partial charge in [0.05, 0.1) is 19.6 Å². The summed E-state index contributed by atoms with van der Waals surface area (Å²) < 4.78 is 24.2. The lowest BCUT2D eigenvalue weighted by Gasteiger charge is -2.37. The number of rotatable bonds is 10. The van der Waals surface area contributed by atoms with Gasteiger partial charge in [0, 0.05) is 19.1 Å². The van der Waals surface area contributed by atoms with Crippen LogP contribution in [0.25, 0.3) is 0 Å². The van der Waals surface area contributed by atoms with Crippen LogP contribution >= 0.6 is 0 Å². The van der Waals surface area contributed by atoms with E-state index in [0.717, 1.165) is 42.8 Å². The Bertz CT molecular complexity index is 1330. The van der Waals surface area contributed by atoms with E-state index in [1.165, 1.54) is 23.1 Å². The van der Waals surface area contributed by atoms with Crippen LogP contribution in [0.3, 0.4) is 0 Å². The van der Waals surface area contributed by atoms with Crippen molar-refractivity contribution in [1.82, 2.24) is 20.0 Å². The number of carbonyl (C=O) groups excluding carboxylic acids is 2. The number of hydrogen-bond donors (Lipinski definition) is 3.